The topological polar surface area (TPSA) is 99.7 Å². The summed E-state index contributed by atoms with van der Waals surface area (Å²) < 4.78 is 47.1. The molecule has 1 aliphatic heterocycles. The third-order valence-corrected chi connectivity index (χ3v) is 6.55. The van der Waals surface area contributed by atoms with Crippen molar-refractivity contribution < 1.29 is 27.5 Å². The minimum Gasteiger partial charge on any atom is -0.484 e. The fourth-order valence-electron chi connectivity index (χ4n) is 4.44. The van der Waals surface area contributed by atoms with Gasteiger partial charge >= 0.3 is 6.18 Å². The predicted molar refractivity (Wildman–Crippen MR) is 145 cm³/mol. The summed E-state index contributed by atoms with van der Waals surface area (Å²) in [6.45, 7) is 7.24. The van der Waals surface area contributed by atoms with Gasteiger partial charge in [0.2, 0.25) is 5.91 Å². The van der Waals surface area contributed by atoms with Gasteiger partial charge in [-0.3, -0.25) is 14.5 Å². The molecular formula is C28H31F3N6O3. The Labute approximate surface area is 230 Å². The van der Waals surface area contributed by atoms with E-state index in [1.54, 1.807) is 30.5 Å². The molecule has 0 radical (unpaired) electrons. The molecule has 1 aromatic heterocycles. The number of likely N-dealkylation sites (N-methyl/N-ethyl adjacent to an activating group) is 1. The smallest absolute Gasteiger partial charge is 0.416 e. The lowest BCUT2D eigenvalue weighted by Crippen LogP contribution is -2.45. The van der Waals surface area contributed by atoms with Crippen molar-refractivity contribution in [2.75, 3.05) is 50.0 Å². The molecule has 9 nitrogen and oxygen atoms in total. The molecule has 0 aliphatic carbocycles. The predicted octanol–water partition coefficient (Wildman–Crippen LogP) is 4.28. The first-order valence-corrected chi connectivity index (χ1v) is 12.9. The monoisotopic (exact) mass is 556 g/mol. The van der Waals surface area contributed by atoms with Crippen LogP contribution in [0.15, 0.2) is 55.0 Å². The van der Waals surface area contributed by atoms with E-state index in [4.69, 9.17) is 4.74 Å². The number of carbonyl (C=O) groups excluding carboxylic acids is 2. The Morgan fingerprint density at radius 1 is 1.00 bits per heavy atom. The number of ether oxygens (including phenoxy) is 1. The highest BCUT2D eigenvalue weighted by molar-refractivity contribution is 5.93. The summed E-state index contributed by atoms with van der Waals surface area (Å²) in [7, 11) is 0. The Balaban J connectivity index is 1.36. The molecule has 212 valence electrons. The number of benzene rings is 2. The molecule has 0 atom stereocenters. The summed E-state index contributed by atoms with van der Waals surface area (Å²) in [5.74, 6) is -0.122. The van der Waals surface area contributed by atoms with Crippen molar-refractivity contribution >= 4 is 23.3 Å². The second-order valence-corrected chi connectivity index (χ2v) is 9.41. The quantitative estimate of drug-likeness (QED) is 0.406. The number of nitrogens with zero attached hydrogens (tertiary/aromatic N) is 4. The zero-order valence-electron chi connectivity index (χ0n) is 22.3. The molecule has 1 fully saturated rings. The van der Waals surface area contributed by atoms with Crippen LogP contribution < -0.4 is 15.4 Å². The van der Waals surface area contributed by atoms with Crippen LogP contribution in [-0.2, 0) is 22.3 Å². The van der Waals surface area contributed by atoms with Crippen molar-refractivity contribution in [1.29, 1.82) is 0 Å². The molecule has 2 N–H and O–H groups in total. The SMILES string of the molecule is CCN1CCN(Cc2ccc(NC(=O)COc3ccc(-c4cncnc4NC(C)=O)cc3)cc2C(F)(F)F)CC1. The van der Waals surface area contributed by atoms with Crippen LogP contribution >= 0.6 is 0 Å². The number of amides is 2. The average molecular weight is 557 g/mol. The highest BCUT2D eigenvalue weighted by Crippen LogP contribution is 2.34. The molecule has 0 unspecified atom stereocenters. The number of rotatable bonds is 9. The maximum absolute atomic E-state index is 13.9. The first-order valence-electron chi connectivity index (χ1n) is 12.9. The van der Waals surface area contributed by atoms with Crippen LogP contribution in [0.1, 0.15) is 25.0 Å². The summed E-state index contributed by atoms with van der Waals surface area (Å²) >= 11 is 0. The van der Waals surface area contributed by atoms with E-state index in [0.29, 0.717) is 35.8 Å². The van der Waals surface area contributed by atoms with Crippen LogP contribution in [0.3, 0.4) is 0 Å². The Morgan fingerprint density at radius 2 is 1.70 bits per heavy atom. The molecule has 1 aliphatic rings. The summed E-state index contributed by atoms with van der Waals surface area (Å²) in [5, 5.41) is 5.13. The van der Waals surface area contributed by atoms with Crippen molar-refractivity contribution in [3.05, 3.63) is 66.1 Å². The van der Waals surface area contributed by atoms with Crippen molar-refractivity contribution in [1.82, 2.24) is 19.8 Å². The van der Waals surface area contributed by atoms with Crippen LogP contribution in [0.5, 0.6) is 5.75 Å². The van der Waals surface area contributed by atoms with E-state index in [-0.39, 0.29) is 23.7 Å². The van der Waals surface area contributed by atoms with E-state index in [1.165, 1.54) is 25.4 Å². The summed E-state index contributed by atoms with van der Waals surface area (Å²) in [6.07, 6.45) is -1.66. The van der Waals surface area contributed by atoms with Gasteiger partial charge in [0.15, 0.2) is 6.61 Å². The molecule has 1 saturated heterocycles. The van der Waals surface area contributed by atoms with Gasteiger partial charge in [0.1, 0.15) is 17.9 Å². The van der Waals surface area contributed by atoms with Crippen molar-refractivity contribution in [3.63, 3.8) is 0 Å². The molecule has 2 amide bonds. The highest BCUT2D eigenvalue weighted by Gasteiger charge is 2.34. The number of piperazine rings is 1. The minimum atomic E-state index is -4.55. The van der Waals surface area contributed by atoms with Gasteiger partial charge < -0.3 is 20.3 Å². The van der Waals surface area contributed by atoms with E-state index in [1.807, 2.05) is 4.90 Å². The minimum absolute atomic E-state index is 0.0467. The van der Waals surface area contributed by atoms with E-state index in [9.17, 15) is 22.8 Å². The number of aromatic nitrogens is 2. The van der Waals surface area contributed by atoms with Gasteiger partial charge in [0.25, 0.3) is 5.91 Å². The van der Waals surface area contributed by atoms with Gasteiger partial charge in [-0.2, -0.15) is 13.2 Å². The van der Waals surface area contributed by atoms with Crippen LogP contribution in [-0.4, -0.2) is 70.9 Å². The number of hydrogen-bond donors (Lipinski definition) is 2. The van der Waals surface area contributed by atoms with Crippen molar-refractivity contribution in [3.8, 4) is 16.9 Å². The first-order chi connectivity index (χ1) is 19.1. The lowest BCUT2D eigenvalue weighted by Gasteiger charge is -2.34. The summed E-state index contributed by atoms with van der Waals surface area (Å²) in [6, 6.07) is 10.6. The van der Waals surface area contributed by atoms with Crippen LogP contribution in [0.25, 0.3) is 11.1 Å². The number of hydrogen-bond acceptors (Lipinski definition) is 7. The standard InChI is InChI=1S/C28H31F3N6O3/c1-3-36-10-12-37(13-11-36)16-21-4-7-22(14-25(21)28(29,30)31)35-26(39)17-40-23-8-5-20(6-9-23)24-15-32-18-33-27(24)34-19(2)38/h4-9,14-15,18H,3,10-13,16-17H2,1-2H3,(H,35,39)(H,32,33,34,38). The van der Waals surface area contributed by atoms with Gasteiger partial charge in [-0.05, 0) is 41.9 Å². The highest BCUT2D eigenvalue weighted by atomic mass is 19.4. The molecule has 0 saturated carbocycles. The molecular weight excluding hydrogens is 525 g/mol. The summed E-state index contributed by atoms with van der Waals surface area (Å²) in [4.78, 5) is 36.2. The molecule has 40 heavy (non-hydrogen) atoms. The van der Waals surface area contributed by atoms with Gasteiger partial charge in [-0.15, -0.1) is 0 Å². The fourth-order valence-corrected chi connectivity index (χ4v) is 4.44. The van der Waals surface area contributed by atoms with Gasteiger partial charge in [-0.1, -0.05) is 25.1 Å². The molecule has 0 spiro atoms. The van der Waals surface area contributed by atoms with E-state index in [2.05, 4.69) is 32.4 Å². The Kier molecular flexibility index (Phi) is 9.33. The number of carbonyl (C=O) groups is 2. The number of nitrogens with one attached hydrogen (secondary N) is 2. The molecule has 4 rings (SSSR count). The molecule has 3 aromatic rings. The van der Waals surface area contributed by atoms with Crippen molar-refractivity contribution in [2.45, 2.75) is 26.6 Å². The van der Waals surface area contributed by atoms with Crippen molar-refractivity contribution in [2.24, 2.45) is 0 Å². The third kappa shape index (κ3) is 7.76. The van der Waals surface area contributed by atoms with E-state index < -0.39 is 24.3 Å². The zero-order chi connectivity index (χ0) is 28.7. The average Bonchev–Trinajstić information content (AvgIpc) is 2.93. The first kappa shape index (κ1) is 29.0. The largest absolute Gasteiger partial charge is 0.484 e. The number of anilines is 2. The maximum atomic E-state index is 13.9. The molecule has 2 aromatic carbocycles. The second-order valence-electron chi connectivity index (χ2n) is 9.41. The normalized spacial score (nSPS) is 14.5. The van der Waals surface area contributed by atoms with Gasteiger partial charge in [0.05, 0.1) is 5.56 Å². The van der Waals surface area contributed by atoms with Crippen LogP contribution in [0, 0.1) is 0 Å². The Hall–Kier alpha value is -4.03. The Bertz CT molecular complexity index is 1330. The second kappa shape index (κ2) is 12.9. The molecule has 2 heterocycles. The number of halogens is 3. The van der Waals surface area contributed by atoms with E-state index in [0.717, 1.165) is 25.7 Å². The molecule has 0 bridgehead atoms. The molecule has 12 heteroatoms. The Morgan fingerprint density at radius 3 is 2.35 bits per heavy atom. The lowest BCUT2D eigenvalue weighted by molar-refractivity contribution is -0.138. The number of alkyl halides is 3. The fraction of sp³-hybridized carbons (Fsp3) is 0.357. The van der Waals surface area contributed by atoms with Crippen LogP contribution in [0.4, 0.5) is 24.7 Å². The van der Waals surface area contributed by atoms with Gasteiger partial charge in [-0.25, -0.2) is 9.97 Å². The van der Waals surface area contributed by atoms with Crippen LogP contribution in [0.2, 0.25) is 0 Å². The van der Waals surface area contributed by atoms with Gasteiger partial charge in [0, 0.05) is 57.1 Å². The lowest BCUT2D eigenvalue weighted by atomic mass is 10.0. The van der Waals surface area contributed by atoms with E-state index >= 15 is 0 Å². The maximum Gasteiger partial charge on any atom is 0.416 e. The third-order valence-electron chi connectivity index (χ3n) is 6.55. The summed E-state index contributed by atoms with van der Waals surface area (Å²) in [5.41, 5.74) is 0.785. The zero-order valence-corrected chi connectivity index (χ0v) is 22.3.